The van der Waals surface area contributed by atoms with Crippen LogP contribution in [-0.2, 0) is 17.6 Å². The lowest BCUT2D eigenvalue weighted by Crippen LogP contribution is -2.05. The summed E-state index contributed by atoms with van der Waals surface area (Å²) in [5.74, 6) is -0.447. The Morgan fingerprint density at radius 1 is 1.25 bits per heavy atom. The average Bonchev–Trinajstić information content (AvgIpc) is 2.26. The molecule has 0 aromatic heterocycles. The van der Waals surface area contributed by atoms with Gasteiger partial charge in [-0.2, -0.15) is 0 Å². The lowest BCUT2D eigenvalue weighted by atomic mass is 9.97. The van der Waals surface area contributed by atoms with E-state index in [4.69, 9.17) is 5.11 Å². The van der Waals surface area contributed by atoms with Crippen molar-refractivity contribution in [2.24, 2.45) is 5.92 Å². The van der Waals surface area contributed by atoms with Gasteiger partial charge in [0.05, 0.1) is 0 Å². The third-order valence-electron chi connectivity index (χ3n) is 2.88. The topological polar surface area (TPSA) is 37.3 Å². The Morgan fingerprint density at radius 2 is 1.81 bits per heavy atom. The van der Waals surface area contributed by atoms with E-state index >= 15 is 0 Å². The maximum absolute atomic E-state index is 10.5. The molecule has 0 saturated carbocycles. The standard InChI is InChI=1S/C14H20O2/c1-3-12-6-8-13(9-7-12)5-4-11(2)10-14(15)16/h6-9,11H,3-5,10H2,1-2H3,(H,15,16). The monoisotopic (exact) mass is 220 g/mol. The summed E-state index contributed by atoms with van der Waals surface area (Å²) in [5, 5.41) is 8.65. The molecule has 2 nitrogen and oxygen atoms in total. The van der Waals surface area contributed by atoms with Crippen LogP contribution < -0.4 is 0 Å². The number of carbonyl (C=O) groups is 1. The fourth-order valence-electron chi connectivity index (χ4n) is 1.75. The van der Waals surface area contributed by atoms with Gasteiger partial charge in [-0.25, -0.2) is 0 Å². The van der Waals surface area contributed by atoms with Gasteiger partial charge in [0.25, 0.3) is 0 Å². The maximum atomic E-state index is 10.5. The van der Waals surface area contributed by atoms with Crippen LogP contribution in [0.3, 0.4) is 0 Å². The number of hydrogen-bond acceptors (Lipinski definition) is 1. The van der Waals surface area contributed by atoms with Crippen LogP contribution in [0, 0.1) is 5.92 Å². The normalized spacial score (nSPS) is 12.4. The Morgan fingerprint density at radius 3 is 2.31 bits per heavy atom. The first-order valence-electron chi connectivity index (χ1n) is 5.91. The van der Waals surface area contributed by atoms with E-state index in [1.54, 1.807) is 0 Å². The van der Waals surface area contributed by atoms with Crippen molar-refractivity contribution >= 4 is 5.97 Å². The molecule has 16 heavy (non-hydrogen) atoms. The zero-order valence-corrected chi connectivity index (χ0v) is 10.1. The lowest BCUT2D eigenvalue weighted by Gasteiger charge is -2.08. The van der Waals surface area contributed by atoms with Gasteiger partial charge in [0.2, 0.25) is 0 Å². The molecule has 88 valence electrons. The Kier molecular flexibility index (Phi) is 5.03. The Balaban J connectivity index is 2.39. The molecule has 0 spiro atoms. The van der Waals surface area contributed by atoms with Crippen molar-refractivity contribution in [1.29, 1.82) is 0 Å². The molecule has 0 aliphatic heterocycles. The van der Waals surface area contributed by atoms with E-state index in [0.717, 1.165) is 19.3 Å². The van der Waals surface area contributed by atoms with Crippen LogP contribution in [-0.4, -0.2) is 11.1 Å². The highest BCUT2D eigenvalue weighted by Gasteiger charge is 2.07. The Hall–Kier alpha value is -1.31. The molecule has 0 amide bonds. The zero-order valence-electron chi connectivity index (χ0n) is 10.1. The molecule has 1 aromatic rings. The Labute approximate surface area is 97.3 Å². The van der Waals surface area contributed by atoms with E-state index < -0.39 is 5.97 Å². The van der Waals surface area contributed by atoms with E-state index in [2.05, 4.69) is 31.2 Å². The summed E-state index contributed by atoms with van der Waals surface area (Å²) >= 11 is 0. The van der Waals surface area contributed by atoms with Crippen LogP contribution in [0.5, 0.6) is 0 Å². The molecule has 0 heterocycles. The van der Waals surface area contributed by atoms with Crippen molar-refractivity contribution in [2.75, 3.05) is 0 Å². The summed E-state index contributed by atoms with van der Waals surface area (Å²) in [5.41, 5.74) is 2.65. The minimum absolute atomic E-state index is 0.253. The largest absolute Gasteiger partial charge is 0.481 e. The van der Waals surface area contributed by atoms with Gasteiger partial charge in [0, 0.05) is 6.42 Å². The van der Waals surface area contributed by atoms with Gasteiger partial charge in [0.15, 0.2) is 0 Å². The molecule has 1 aromatic carbocycles. The Bertz CT molecular complexity index is 327. The minimum atomic E-state index is -0.700. The molecule has 0 fully saturated rings. The van der Waals surface area contributed by atoms with Crippen molar-refractivity contribution in [3.05, 3.63) is 35.4 Å². The molecule has 0 bridgehead atoms. The number of hydrogen-bond donors (Lipinski definition) is 1. The third kappa shape index (κ3) is 4.47. The molecule has 0 aliphatic carbocycles. The van der Waals surface area contributed by atoms with Crippen LogP contribution >= 0.6 is 0 Å². The van der Waals surface area contributed by atoms with Gasteiger partial charge in [0.1, 0.15) is 0 Å². The van der Waals surface area contributed by atoms with Crippen molar-refractivity contribution in [3.8, 4) is 0 Å². The number of benzene rings is 1. The third-order valence-corrected chi connectivity index (χ3v) is 2.88. The molecule has 1 unspecified atom stereocenters. The first kappa shape index (κ1) is 12.8. The van der Waals surface area contributed by atoms with Crippen LogP contribution in [0.4, 0.5) is 0 Å². The van der Waals surface area contributed by atoms with Gasteiger partial charge in [-0.1, -0.05) is 38.1 Å². The van der Waals surface area contributed by atoms with Crippen molar-refractivity contribution in [3.63, 3.8) is 0 Å². The molecule has 1 N–H and O–H groups in total. The first-order valence-corrected chi connectivity index (χ1v) is 5.91. The van der Waals surface area contributed by atoms with Gasteiger partial charge in [-0.3, -0.25) is 4.79 Å². The minimum Gasteiger partial charge on any atom is -0.481 e. The maximum Gasteiger partial charge on any atom is 0.303 e. The van der Waals surface area contributed by atoms with E-state index in [-0.39, 0.29) is 12.3 Å². The summed E-state index contributed by atoms with van der Waals surface area (Å²) < 4.78 is 0. The van der Waals surface area contributed by atoms with Crippen LogP contribution in [0.1, 0.15) is 37.8 Å². The summed E-state index contributed by atoms with van der Waals surface area (Å²) in [6.45, 7) is 4.14. The zero-order chi connectivity index (χ0) is 12.0. The van der Waals surface area contributed by atoms with E-state index in [1.807, 2.05) is 6.92 Å². The predicted octanol–water partition coefficient (Wildman–Crippen LogP) is 3.29. The summed E-state index contributed by atoms with van der Waals surface area (Å²) in [6.07, 6.45) is 3.25. The van der Waals surface area contributed by atoms with Gasteiger partial charge < -0.3 is 5.11 Å². The van der Waals surface area contributed by atoms with E-state index in [1.165, 1.54) is 11.1 Å². The highest BCUT2D eigenvalue weighted by atomic mass is 16.4. The van der Waals surface area contributed by atoms with E-state index in [9.17, 15) is 4.79 Å². The van der Waals surface area contributed by atoms with E-state index in [0.29, 0.717) is 0 Å². The smallest absolute Gasteiger partial charge is 0.303 e. The number of aryl methyl sites for hydroxylation is 2. The van der Waals surface area contributed by atoms with Crippen molar-refractivity contribution < 1.29 is 9.90 Å². The molecular formula is C14H20O2. The highest BCUT2D eigenvalue weighted by molar-refractivity contribution is 5.66. The highest BCUT2D eigenvalue weighted by Crippen LogP contribution is 2.13. The van der Waals surface area contributed by atoms with Crippen molar-refractivity contribution in [2.45, 2.75) is 39.5 Å². The molecule has 2 heteroatoms. The summed E-state index contributed by atoms with van der Waals surface area (Å²) in [4.78, 5) is 10.5. The van der Waals surface area contributed by atoms with Gasteiger partial charge >= 0.3 is 5.97 Å². The number of carboxylic acid groups (broad SMARTS) is 1. The number of aliphatic carboxylic acids is 1. The first-order chi connectivity index (χ1) is 7.61. The molecule has 0 saturated heterocycles. The number of carboxylic acids is 1. The van der Waals surface area contributed by atoms with Gasteiger partial charge in [-0.15, -0.1) is 0 Å². The SMILES string of the molecule is CCc1ccc(CCC(C)CC(=O)O)cc1. The van der Waals surface area contributed by atoms with Crippen LogP contribution in [0.15, 0.2) is 24.3 Å². The quantitative estimate of drug-likeness (QED) is 0.798. The molecule has 1 rings (SSSR count). The predicted molar refractivity (Wildman–Crippen MR) is 65.6 cm³/mol. The second-order valence-corrected chi connectivity index (χ2v) is 4.41. The fourth-order valence-corrected chi connectivity index (χ4v) is 1.75. The molecule has 1 atom stereocenters. The lowest BCUT2D eigenvalue weighted by molar-refractivity contribution is -0.138. The summed E-state index contributed by atoms with van der Waals surface area (Å²) in [7, 11) is 0. The second kappa shape index (κ2) is 6.31. The molecule has 0 radical (unpaired) electrons. The fraction of sp³-hybridized carbons (Fsp3) is 0.500. The molecule has 0 aliphatic rings. The molecular weight excluding hydrogens is 200 g/mol. The average molecular weight is 220 g/mol. The second-order valence-electron chi connectivity index (χ2n) is 4.41. The van der Waals surface area contributed by atoms with Gasteiger partial charge in [-0.05, 0) is 36.3 Å². The van der Waals surface area contributed by atoms with Crippen LogP contribution in [0.2, 0.25) is 0 Å². The van der Waals surface area contributed by atoms with Crippen molar-refractivity contribution in [1.82, 2.24) is 0 Å². The summed E-state index contributed by atoms with van der Waals surface area (Å²) in [6, 6.07) is 8.59. The van der Waals surface area contributed by atoms with Crippen LogP contribution in [0.25, 0.3) is 0 Å². The number of rotatable bonds is 6.